The molecule has 0 aromatic heterocycles. The van der Waals surface area contributed by atoms with E-state index in [2.05, 4.69) is 16.0 Å². The van der Waals surface area contributed by atoms with E-state index in [0.29, 0.717) is 18.4 Å². The van der Waals surface area contributed by atoms with E-state index in [-0.39, 0.29) is 18.3 Å². The first kappa shape index (κ1) is 10.8. The molecule has 0 unspecified atom stereocenters. The molecule has 0 radical (unpaired) electrons. The molecule has 0 aromatic rings. The van der Waals surface area contributed by atoms with Crippen LogP contribution in [0.3, 0.4) is 0 Å². The van der Waals surface area contributed by atoms with Gasteiger partial charge < -0.3 is 16.0 Å². The third-order valence-corrected chi connectivity index (χ3v) is 2.49. The molecule has 2 heterocycles. The van der Waals surface area contributed by atoms with Gasteiger partial charge in [-0.2, -0.15) is 0 Å². The Hall–Kier alpha value is -0.320. The summed E-state index contributed by atoms with van der Waals surface area (Å²) < 4.78 is 0. The van der Waals surface area contributed by atoms with Gasteiger partial charge in [0.2, 0.25) is 5.91 Å². The van der Waals surface area contributed by atoms with Crippen molar-refractivity contribution in [3.8, 4) is 0 Å². The minimum absolute atomic E-state index is 0. The molecular weight excluding hydrogens is 190 g/mol. The highest BCUT2D eigenvalue weighted by Gasteiger charge is 2.23. The van der Waals surface area contributed by atoms with Gasteiger partial charge in [0.1, 0.15) is 0 Å². The smallest absolute Gasteiger partial charge is 0.220 e. The second kappa shape index (κ2) is 4.79. The highest BCUT2D eigenvalue weighted by atomic mass is 35.5. The summed E-state index contributed by atoms with van der Waals surface area (Å²) in [7, 11) is 0. The van der Waals surface area contributed by atoms with Crippen LogP contribution in [0.15, 0.2) is 0 Å². The number of hydrogen-bond acceptors (Lipinski definition) is 3. The monoisotopic (exact) mass is 205 g/mol. The molecule has 0 saturated carbocycles. The summed E-state index contributed by atoms with van der Waals surface area (Å²) in [6.45, 7) is 3.90. The van der Waals surface area contributed by atoms with Crippen molar-refractivity contribution in [2.45, 2.75) is 12.5 Å². The maximum atomic E-state index is 11.3. The van der Waals surface area contributed by atoms with Crippen molar-refractivity contribution in [2.75, 3.05) is 26.2 Å². The summed E-state index contributed by atoms with van der Waals surface area (Å²) in [6, 6.07) is 0.394. The second-order valence-corrected chi connectivity index (χ2v) is 3.65. The molecule has 0 aromatic carbocycles. The van der Waals surface area contributed by atoms with Crippen molar-refractivity contribution in [3.05, 3.63) is 0 Å². The first-order valence-corrected chi connectivity index (χ1v) is 4.55. The van der Waals surface area contributed by atoms with E-state index in [0.717, 1.165) is 26.2 Å². The van der Waals surface area contributed by atoms with Crippen LogP contribution in [0.2, 0.25) is 0 Å². The number of nitrogens with one attached hydrogen (secondary N) is 3. The molecule has 0 aliphatic carbocycles. The standard InChI is InChI=1S/C8H15N3O.ClH/c12-8(1-6-2-9-3-6)11-7-4-10-5-7;/h6-7,9-10H,1-5H2,(H,11,12);1H. The first-order valence-electron chi connectivity index (χ1n) is 4.55. The van der Waals surface area contributed by atoms with Gasteiger partial charge in [0.25, 0.3) is 0 Å². The minimum atomic E-state index is 0. The van der Waals surface area contributed by atoms with Crippen molar-refractivity contribution < 1.29 is 4.79 Å². The number of carbonyl (C=O) groups excluding carboxylic acids is 1. The minimum Gasteiger partial charge on any atom is -0.351 e. The lowest BCUT2D eigenvalue weighted by molar-refractivity contribution is -0.123. The molecule has 2 saturated heterocycles. The Morgan fingerprint density at radius 1 is 1.23 bits per heavy atom. The van der Waals surface area contributed by atoms with Gasteiger partial charge in [-0.25, -0.2) is 0 Å². The average Bonchev–Trinajstić information content (AvgIpc) is 1.89. The average molecular weight is 206 g/mol. The predicted molar refractivity (Wildman–Crippen MR) is 53.0 cm³/mol. The van der Waals surface area contributed by atoms with Gasteiger partial charge in [-0.05, 0) is 19.0 Å². The Morgan fingerprint density at radius 2 is 1.85 bits per heavy atom. The molecule has 2 aliphatic rings. The fourth-order valence-corrected chi connectivity index (χ4v) is 1.43. The summed E-state index contributed by atoms with van der Waals surface area (Å²) in [5.41, 5.74) is 0. The normalized spacial score (nSPS) is 22.5. The molecule has 4 nitrogen and oxygen atoms in total. The van der Waals surface area contributed by atoms with Gasteiger partial charge in [-0.15, -0.1) is 12.4 Å². The lowest BCUT2D eigenvalue weighted by atomic mass is 9.98. The molecule has 1 amide bonds. The molecule has 0 atom stereocenters. The molecule has 76 valence electrons. The van der Waals surface area contributed by atoms with Crippen LogP contribution >= 0.6 is 12.4 Å². The summed E-state index contributed by atoms with van der Waals surface area (Å²) >= 11 is 0. The van der Waals surface area contributed by atoms with Crippen LogP contribution in [-0.4, -0.2) is 38.1 Å². The number of amides is 1. The fourth-order valence-electron chi connectivity index (χ4n) is 1.43. The lowest BCUT2D eigenvalue weighted by Crippen LogP contribution is -2.57. The van der Waals surface area contributed by atoms with Crippen LogP contribution < -0.4 is 16.0 Å². The third-order valence-electron chi connectivity index (χ3n) is 2.49. The maximum Gasteiger partial charge on any atom is 0.220 e. The third kappa shape index (κ3) is 2.83. The Balaban J connectivity index is 0.000000845. The molecule has 2 aliphatic heterocycles. The topological polar surface area (TPSA) is 53.2 Å². The molecule has 2 rings (SSSR count). The lowest BCUT2D eigenvalue weighted by Gasteiger charge is -2.30. The van der Waals surface area contributed by atoms with Gasteiger partial charge in [0.05, 0.1) is 6.04 Å². The Morgan fingerprint density at radius 3 is 2.23 bits per heavy atom. The molecule has 13 heavy (non-hydrogen) atoms. The molecule has 5 heteroatoms. The molecule has 0 spiro atoms. The molecule has 0 bridgehead atoms. The number of hydrogen-bond donors (Lipinski definition) is 3. The van der Waals surface area contributed by atoms with E-state index in [4.69, 9.17) is 0 Å². The van der Waals surface area contributed by atoms with Gasteiger partial charge in [-0.1, -0.05) is 0 Å². The summed E-state index contributed by atoms with van der Waals surface area (Å²) in [6.07, 6.45) is 0.698. The summed E-state index contributed by atoms with van der Waals surface area (Å²) in [5.74, 6) is 0.797. The van der Waals surface area contributed by atoms with Crippen LogP contribution in [0, 0.1) is 5.92 Å². The number of halogens is 1. The summed E-state index contributed by atoms with van der Waals surface area (Å²) in [5, 5.41) is 9.26. The molecule has 3 N–H and O–H groups in total. The molecular formula is C8H16ClN3O. The van der Waals surface area contributed by atoms with Crippen LogP contribution in [0.1, 0.15) is 6.42 Å². The Bertz CT molecular complexity index is 162. The highest BCUT2D eigenvalue weighted by Crippen LogP contribution is 2.07. The van der Waals surface area contributed by atoms with Crippen LogP contribution in [0.25, 0.3) is 0 Å². The largest absolute Gasteiger partial charge is 0.351 e. The van der Waals surface area contributed by atoms with Crippen molar-refractivity contribution >= 4 is 18.3 Å². The number of carbonyl (C=O) groups is 1. The molecule has 2 fully saturated rings. The highest BCUT2D eigenvalue weighted by molar-refractivity contribution is 5.85. The van der Waals surface area contributed by atoms with Gasteiger partial charge in [-0.3, -0.25) is 4.79 Å². The first-order chi connectivity index (χ1) is 5.84. The second-order valence-electron chi connectivity index (χ2n) is 3.65. The zero-order chi connectivity index (χ0) is 8.39. The summed E-state index contributed by atoms with van der Waals surface area (Å²) in [4.78, 5) is 11.3. The van der Waals surface area contributed by atoms with E-state index >= 15 is 0 Å². The van der Waals surface area contributed by atoms with Gasteiger partial charge >= 0.3 is 0 Å². The van der Waals surface area contributed by atoms with Crippen molar-refractivity contribution in [2.24, 2.45) is 5.92 Å². The number of rotatable bonds is 3. The zero-order valence-electron chi connectivity index (χ0n) is 7.51. The maximum absolute atomic E-state index is 11.3. The SMILES string of the molecule is Cl.O=C(CC1CNC1)NC1CNC1. The van der Waals surface area contributed by atoms with E-state index in [1.807, 2.05) is 0 Å². The van der Waals surface area contributed by atoms with E-state index in [1.165, 1.54) is 0 Å². The van der Waals surface area contributed by atoms with E-state index < -0.39 is 0 Å². The van der Waals surface area contributed by atoms with Crippen molar-refractivity contribution in [1.82, 2.24) is 16.0 Å². The van der Waals surface area contributed by atoms with Crippen LogP contribution in [0.4, 0.5) is 0 Å². The fraction of sp³-hybridized carbons (Fsp3) is 0.875. The van der Waals surface area contributed by atoms with E-state index in [9.17, 15) is 4.79 Å². The Labute approximate surface area is 84.2 Å². The van der Waals surface area contributed by atoms with Gasteiger partial charge in [0, 0.05) is 19.5 Å². The quantitative estimate of drug-likeness (QED) is 0.560. The van der Waals surface area contributed by atoms with Crippen LogP contribution in [0.5, 0.6) is 0 Å². The Kier molecular flexibility index (Phi) is 3.96. The van der Waals surface area contributed by atoms with Crippen molar-refractivity contribution in [1.29, 1.82) is 0 Å². The van der Waals surface area contributed by atoms with Crippen LogP contribution in [-0.2, 0) is 4.79 Å². The van der Waals surface area contributed by atoms with Crippen molar-refractivity contribution in [3.63, 3.8) is 0 Å². The zero-order valence-corrected chi connectivity index (χ0v) is 8.32. The van der Waals surface area contributed by atoms with Gasteiger partial charge in [0.15, 0.2) is 0 Å². The van der Waals surface area contributed by atoms with E-state index in [1.54, 1.807) is 0 Å². The predicted octanol–water partition coefficient (Wildman–Crippen LogP) is -0.894.